The number of nitrogens with zero attached hydrogens (tertiary/aromatic N) is 5. The summed E-state index contributed by atoms with van der Waals surface area (Å²) in [5, 5.41) is 17.7. The Balaban J connectivity index is 0.00000289. The van der Waals surface area contributed by atoms with Gasteiger partial charge in [0.15, 0.2) is 11.8 Å². The highest BCUT2D eigenvalue weighted by Gasteiger charge is 2.29. The van der Waals surface area contributed by atoms with Crippen LogP contribution in [0.5, 0.6) is 0 Å². The van der Waals surface area contributed by atoms with Crippen LogP contribution in [0.15, 0.2) is 52.8 Å². The van der Waals surface area contributed by atoms with Gasteiger partial charge in [-0.3, -0.25) is 4.90 Å². The van der Waals surface area contributed by atoms with E-state index in [4.69, 9.17) is 4.99 Å². The number of rotatable bonds is 7. The number of likely N-dealkylation sites (tertiary alicyclic amines) is 1. The van der Waals surface area contributed by atoms with Crippen LogP contribution in [0, 0.1) is 6.92 Å². The summed E-state index contributed by atoms with van der Waals surface area (Å²) in [6.07, 6.45) is 1.09. The highest BCUT2D eigenvalue weighted by Crippen LogP contribution is 2.20. The average Bonchev–Trinajstić information content (AvgIpc) is 3.48. The molecule has 1 fully saturated rings. The molecule has 0 aliphatic carbocycles. The standard InChI is InChI=1S/C23H31N7S.HI/c1-17-12-20(16-30(17)15-19-8-5-4-6-9-19)26-23(24-13-21-10-7-11-31-21)25-14-22-28-27-18(2)29(22)3;/h4-11,17,20H,12-16H2,1-3H3,(H2,24,25,26);1H. The predicted molar refractivity (Wildman–Crippen MR) is 141 cm³/mol. The van der Waals surface area contributed by atoms with Crippen LogP contribution in [0.1, 0.15) is 35.4 Å². The van der Waals surface area contributed by atoms with Crippen molar-refractivity contribution in [3.8, 4) is 0 Å². The molecule has 3 heterocycles. The first-order valence-electron chi connectivity index (χ1n) is 10.8. The second-order valence-corrected chi connectivity index (χ2v) is 9.19. The van der Waals surface area contributed by atoms with Gasteiger partial charge in [0.25, 0.3) is 0 Å². The molecule has 2 unspecified atom stereocenters. The topological polar surface area (TPSA) is 70.4 Å². The zero-order valence-electron chi connectivity index (χ0n) is 18.9. The highest BCUT2D eigenvalue weighted by atomic mass is 127. The fraction of sp³-hybridized carbons (Fsp3) is 0.435. The summed E-state index contributed by atoms with van der Waals surface area (Å²) in [7, 11) is 1.98. The lowest BCUT2D eigenvalue weighted by Gasteiger charge is -2.21. The molecule has 4 rings (SSSR count). The van der Waals surface area contributed by atoms with Gasteiger partial charge in [0, 0.05) is 37.1 Å². The molecule has 3 aromatic rings. The second-order valence-electron chi connectivity index (χ2n) is 8.16. The maximum Gasteiger partial charge on any atom is 0.192 e. The Morgan fingerprint density at radius 3 is 2.69 bits per heavy atom. The molecule has 32 heavy (non-hydrogen) atoms. The van der Waals surface area contributed by atoms with Crippen molar-refractivity contribution in [1.82, 2.24) is 30.3 Å². The Morgan fingerprint density at radius 2 is 2.00 bits per heavy atom. The van der Waals surface area contributed by atoms with Crippen molar-refractivity contribution in [3.63, 3.8) is 0 Å². The number of benzene rings is 1. The van der Waals surface area contributed by atoms with Crippen molar-refractivity contribution in [2.24, 2.45) is 12.0 Å². The number of aryl methyl sites for hydroxylation is 1. The normalized spacial score (nSPS) is 19.0. The lowest BCUT2D eigenvalue weighted by molar-refractivity contribution is 0.258. The summed E-state index contributed by atoms with van der Waals surface area (Å²) < 4.78 is 1.99. The van der Waals surface area contributed by atoms with E-state index in [1.54, 1.807) is 11.3 Å². The third-order valence-corrected chi connectivity index (χ3v) is 6.72. The van der Waals surface area contributed by atoms with Crippen molar-refractivity contribution in [3.05, 3.63) is 69.9 Å². The average molecular weight is 566 g/mol. The molecule has 7 nitrogen and oxygen atoms in total. The molecule has 1 aliphatic rings. The van der Waals surface area contributed by atoms with E-state index in [1.165, 1.54) is 10.4 Å². The van der Waals surface area contributed by atoms with Gasteiger partial charge in [-0.25, -0.2) is 4.99 Å². The fourth-order valence-corrected chi connectivity index (χ4v) is 4.55. The number of guanidine groups is 1. The summed E-state index contributed by atoms with van der Waals surface area (Å²) in [6, 6.07) is 15.8. The van der Waals surface area contributed by atoms with Crippen LogP contribution in [-0.2, 0) is 26.7 Å². The lowest BCUT2D eigenvalue weighted by Crippen LogP contribution is -2.44. The Kier molecular flexibility index (Phi) is 9.06. The summed E-state index contributed by atoms with van der Waals surface area (Å²) >= 11 is 1.75. The summed E-state index contributed by atoms with van der Waals surface area (Å²) in [5.74, 6) is 2.58. The van der Waals surface area contributed by atoms with E-state index in [0.717, 1.165) is 43.7 Å². The lowest BCUT2D eigenvalue weighted by atomic mass is 10.2. The minimum Gasteiger partial charge on any atom is -0.352 e. The molecule has 2 atom stereocenters. The second kappa shape index (κ2) is 11.8. The summed E-state index contributed by atoms with van der Waals surface area (Å²) in [6.45, 7) is 7.50. The molecule has 0 amide bonds. The largest absolute Gasteiger partial charge is 0.352 e. The minimum absolute atomic E-state index is 0. The van der Waals surface area contributed by atoms with Gasteiger partial charge in [0.1, 0.15) is 12.4 Å². The van der Waals surface area contributed by atoms with Crippen molar-refractivity contribution < 1.29 is 0 Å². The van der Waals surface area contributed by atoms with E-state index >= 15 is 0 Å². The third-order valence-electron chi connectivity index (χ3n) is 5.84. The molecule has 0 spiro atoms. The van der Waals surface area contributed by atoms with Crippen LogP contribution in [-0.4, -0.2) is 44.3 Å². The van der Waals surface area contributed by atoms with Crippen molar-refractivity contribution in [2.45, 2.75) is 52.0 Å². The van der Waals surface area contributed by atoms with Crippen LogP contribution in [0.4, 0.5) is 0 Å². The molecule has 0 bridgehead atoms. The first-order chi connectivity index (χ1) is 15.1. The molecular weight excluding hydrogens is 533 g/mol. The van der Waals surface area contributed by atoms with Gasteiger partial charge in [0.2, 0.25) is 0 Å². The van der Waals surface area contributed by atoms with Crippen molar-refractivity contribution in [2.75, 3.05) is 6.54 Å². The molecule has 0 saturated carbocycles. The first-order valence-corrected chi connectivity index (χ1v) is 11.7. The van der Waals surface area contributed by atoms with Gasteiger partial charge >= 0.3 is 0 Å². The number of thiophene rings is 1. The van der Waals surface area contributed by atoms with Gasteiger partial charge < -0.3 is 15.2 Å². The maximum absolute atomic E-state index is 4.82. The van der Waals surface area contributed by atoms with E-state index in [-0.39, 0.29) is 24.0 Å². The quantitative estimate of drug-likeness (QED) is 0.260. The number of halogens is 1. The Bertz CT molecular complexity index is 987. The molecule has 0 radical (unpaired) electrons. The SMILES string of the molecule is Cc1nnc(CN=C(NCc2cccs2)NC2CC(C)N(Cc3ccccc3)C2)n1C.I. The number of nitrogens with one attached hydrogen (secondary N) is 2. The Labute approximate surface area is 211 Å². The maximum atomic E-state index is 4.82. The Morgan fingerprint density at radius 1 is 1.19 bits per heavy atom. The van der Waals surface area contributed by atoms with Crippen LogP contribution in [0.2, 0.25) is 0 Å². The number of hydrogen-bond donors (Lipinski definition) is 2. The van der Waals surface area contributed by atoms with E-state index in [1.807, 2.05) is 18.5 Å². The van der Waals surface area contributed by atoms with Crippen LogP contribution >= 0.6 is 35.3 Å². The molecule has 9 heteroatoms. The third kappa shape index (κ3) is 6.52. The molecule has 2 N–H and O–H groups in total. The Hall–Kier alpha value is -1.98. The van der Waals surface area contributed by atoms with Gasteiger partial charge in [-0.2, -0.15) is 0 Å². The van der Waals surface area contributed by atoms with Crippen LogP contribution in [0.3, 0.4) is 0 Å². The fourth-order valence-electron chi connectivity index (χ4n) is 3.91. The molecule has 1 aliphatic heterocycles. The number of aliphatic imine (C=N–C) groups is 1. The summed E-state index contributed by atoms with van der Waals surface area (Å²) in [4.78, 5) is 8.65. The van der Waals surface area contributed by atoms with E-state index in [9.17, 15) is 0 Å². The molecule has 1 aromatic carbocycles. The molecule has 172 valence electrons. The monoisotopic (exact) mass is 565 g/mol. The van der Waals surface area contributed by atoms with Gasteiger partial charge in [-0.15, -0.1) is 45.5 Å². The first kappa shape index (κ1) is 24.7. The molecule has 1 saturated heterocycles. The zero-order chi connectivity index (χ0) is 21.6. The summed E-state index contributed by atoms with van der Waals surface area (Å²) in [5.41, 5.74) is 1.36. The highest BCUT2D eigenvalue weighted by molar-refractivity contribution is 14.0. The van der Waals surface area contributed by atoms with Crippen LogP contribution in [0.25, 0.3) is 0 Å². The predicted octanol–water partition coefficient (Wildman–Crippen LogP) is 3.70. The smallest absolute Gasteiger partial charge is 0.192 e. The van der Waals surface area contributed by atoms with Crippen molar-refractivity contribution in [1.29, 1.82) is 0 Å². The van der Waals surface area contributed by atoms with Gasteiger partial charge in [0.05, 0.1) is 6.54 Å². The number of hydrogen-bond acceptors (Lipinski definition) is 5. The zero-order valence-corrected chi connectivity index (χ0v) is 22.0. The van der Waals surface area contributed by atoms with Crippen molar-refractivity contribution >= 4 is 41.3 Å². The van der Waals surface area contributed by atoms with E-state index < -0.39 is 0 Å². The number of aromatic nitrogens is 3. The van der Waals surface area contributed by atoms with Gasteiger partial charge in [-0.1, -0.05) is 36.4 Å². The van der Waals surface area contributed by atoms with E-state index in [2.05, 4.69) is 80.5 Å². The van der Waals surface area contributed by atoms with Gasteiger partial charge in [-0.05, 0) is 37.3 Å². The molecule has 2 aromatic heterocycles. The van der Waals surface area contributed by atoms with Crippen LogP contribution < -0.4 is 10.6 Å². The molecular formula is C23H32IN7S. The minimum atomic E-state index is 0. The van der Waals surface area contributed by atoms with E-state index in [0.29, 0.717) is 18.6 Å².